The molecular weight excluding hydrogens is 338 g/mol. The third kappa shape index (κ3) is 2.57. The Hall–Kier alpha value is -2.15. The minimum absolute atomic E-state index is 0.0453. The normalized spacial score (nSPS) is 15.7. The standard InChI is InChI=1S/C18H21N3O3S/c1-20-17-12-10-15(24-3)14(23-2)9-11(12)8-13(17)16(19-20)18(22)21-4-6-25-7-5-21/h9-10H,4-8H2,1-3H3. The highest BCUT2D eigenvalue weighted by Crippen LogP contribution is 2.43. The maximum Gasteiger partial charge on any atom is 0.274 e. The van der Waals surface area contributed by atoms with Crippen LogP contribution in [-0.4, -0.2) is 59.4 Å². The summed E-state index contributed by atoms with van der Waals surface area (Å²) in [5, 5.41) is 4.55. The molecule has 2 aromatic rings. The predicted molar refractivity (Wildman–Crippen MR) is 97.8 cm³/mol. The van der Waals surface area contributed by atoms with E-state index in [9.17, 15) is 4.79 Å². The summed E-state index contributed by atoms with van der Waals surface area (Å²) < 4.78 is 12.7. The summed E-state index contributed by atoms with van der Waals surface area (Å²) in [5.74, 6) is 3.44. The number of thioether (sulfide) groups is 1. The maximum absolute atomic E-state index is 13.0. The lowest BCUT2D eigenvalue weighted by Gasteiger charge is -2.25. The van der Waals surface area contributed by atoms with Crippen molar-refractivity contribution in [2.45, 2.75) is 6.42 Å². The molecule has 0 atom stereocenters. The third-order valence-electron chi connectivity index (χ3n) is 4.88. The SMILES string of the molecule is COc1cc2c(cc1OC)-c1c(c(C(=O)N3CCSCC3)nn1C)C2. The van der Waals surface area contributed by atoms with Gasteiger partial charge in [0.1, 0.15) is 0 Å². The van der Waals surface area contributed by atoms with Crippen molar-refractivity contribution in [1.82, 2.24) is 14.7 Å². The van der Waals surface area contributed by atoms with Crippen molar-refractivity contribution in [1.29, 1.82) is 0 Å². The molecule has 2 aliphatic rings. The van der Waals surface area contributed by atoms with Gasteiger partial charge in [-0.2, -0.15) is 16.9 Å². The maximum atomic E-state index is 13.0. The molecule has 0 unspecified atom stereocenters. The number of nitrogens with zero attached hydrogens (tertiary/aromatic N) is 3. The van der Waals surface area contributed by atoms with E-state index in [1.807, 2.05) is 40.5 Å². The van der Waals surface area contributed by atoms with Gasteiger partial charge in [0.15, 0.2) is 17.2 Å². The number of carbonyl (C=O) groups is 1. The minimum atomic E-state index is 0.0453. The van der Waals surface area contributed by atoms with Gasteiger partial charge in [-0.15, -0.1) is 0 Å². The number of aryl methyl sites for hydroxylation is 1. The van der Waals surface area contributed by atoms with Crippen molar-refractivity contribution >= 4 is 17.7 Å². The number of fused-ring (bicyclic) bond motifs is 3. The molecule has 1 amide bonds. The van der Waals surface area contributed by atoms with Gasteiger partial charge in [0.25, 0.3) is 5.91 Å². The zero-order valence-electron chi connectivity index (χ0n) is 14.7. The number of carbonyl (C=O) groups excluding carboxylic acids is 1. The van der Waals surface area contributed by atoms with E-state index >= 15 is 0 Å². The molecule has 1 aromatic heterocycles. The zero-order chi connectivity index (χ0) is 17.6. The van der Waals surface area contributed by atoms with Gasteiger partial charge in [-0.25, -0.2) is 0 Å². The Labute approximate surface area is 151 Å². The summed E-state index contributed by atoms with van der Waals surface area (Å²) >= 11 is 1.89. The second-order valence-electron chi connectivity index (χ2n) is 6.25. The van der Waals surface area contributed by atoms with E-state index in [1.165, 1.54) is 0 Å². The Morgan fingerprint density at radius 3 is 2.52 bits per heavy atom. The van der Waals surface area contributed by atoms with Crippen molar-refractivity contribution in [3.8, 4) is 22.8 Å². The van der Waals surface area contributed by atoms with Crippen LogP contribution in [0.2, 0.25) is 0 Å². The van der Waals surface area contributed by atoms with Crippen molar-refractivity contribution < 1.29 is 14.3 Å². The fourth-order valence-corrected chi connectivity index (χ4v) is 4.54. The van der Waals surface area contributed by atoms with Gasteiger partial charge in [0.2, 0.25) is 0 Å². The van der Waals surface area contributed by atoms with Crippen LogP contribution < -0.4 is 9.47 Å². The van der Waals surface area contributed by atoms with Crippen LogP contribution in [0.3, 0.4) is 0 Å². The van der Waals surface area contributed by atoms with Crippen LogP contribution in [0.4, 0.5) is 0 Å². The number of ether oxygens (including phenoxy) is 2. The average Bonchev–Trinajstić information content (AvgIpc) is 3.17. The number of rotatable bonds is 3. The first-order valence-electron chi connectivity index (χ1n) is 8.32. The van der Waals surface area contributed by atoms with Crippen LogP contribution in [0, 0.1) is 0 Å². The molecule has 0 radical (unpaired) electrons. The van der Waals surface area contributed by atoms with Crippen LogP contribution in [0.1, 0.15) is 21.6 Å². The van der Waals surface area contributed by atoms with Gasteiger partial charge in [-0.05, 0) is 17.7 Å². The molecule has 132 valence electrons. The second kappa shape index (κ2) is 6.29. The topological polar surface area (TPSA) is 56.6 Å². The van der Waals surface area contributed by atoms with Gasteiger partial charge in [-0.1, -0.05) is 0 Å². The Kier molecular flexibility index (Phi) is 4.11. The Morgan fingerprint density at radius 2 is 1.84 bits per heavy atom. The number of hydrogen-bond acceptors (Lipinski definition) is 5. The van der Waals surface area contributed by atoms with E-state index < -0.39 is 0 Å². The van der Waals surface area contributed by atoms with Crippen molar-refractivity contribution in [2.24, 2.45) is 7.05 Å². The van der Waals surface area contributed by atoms with Gasteiger partial charge in [0.05, 0.1) is 19.9 Å². The van der Waals surface area contributed by atoms with Crippen molar-refractivity contribution in [3.05, 3.63) is 29.0 Å². The summed E-state index contributed by atoms with van der Waals surface area (Å²) in [7, 11) is 5.16. The van der Waals surface area contributed by atoms with Crippen LogP contribution in [0.15, 0.2) is 12.1 Å². The van der Waals surface area contributed by atoms with Crippen LogP contribution in [0.25, 0.3) is 11.3 Å². The van der Waals surface area contributed by atoms with E-state index in [4.69, 9.17) is 9.47 Å². The molecule has 4 rings (SSSR count). The third-order valence-corrected chi connectivity index (χ3v) is 5.82. The highest BCUT2D eigenvalue weighted by atomic mass is 32.2. The first kappa shape index (κ1) is 16.3. The van der Waals surface area contributed by atoms with E-state index in [0.29, 0.717) is 23.6 Å². The first-order chi connectivity index (χ1) is 12.1. The van der Waals surface area contributed by atoms with Crippen molar-refractivity contribution in [2.75, 3.05) is 38.8 Å². The highest BCUT2D eigenvalue weighted by molar-refractivity contribution is 7.99. The fourth-order valence-electron chi connectivity index (χ4n) is 3.64. The molecule has 1 saturated heterocycles. The lowest BCUT2D eigenvalue weighted by molar-refractivity contribution is 0.0764. The van der Waals surface area contributed by atoms with E-state index in [0.717, 1.165) is 47.0 Å². The molecule has 0 saturated carbocycles. The Balaban J connectivity index is 1.76. The second-order valence-corrected chi connectivity index (χ2v) is 7.47. The molecule has 2 heterocycles. The number of methoxy groups -OCH3 is 2. The van der Waals surface area contributed by atoms with Crippen LogP contribution in [-0.2, 0) is 13.5 Å². The van der Waals surface area contributed by atoms with Gasteiger partial charge in [0, 0.05) is 49.2 Å². The molecule has 1 aliphatic heterocycles. The van der Waals surface area contributed by atoms with E-state index in [-0.39, 0.29) is 5.91 Å². The van der Waals surface area contributed by atoms with Crippen molar-refractivity contribution in [3.63, 3.8) is 0 Å². The zero-order valence-corrected chi connectivity index (χ0v) is 15.5. The average molecular weight is 359 g/mol. The largest absolute Gasteiger partial charge is 0.493 e. The predicted octanol–water partition coefficient (Wildman–Crippen LogP) is 2.20. The summed E-state index contributed by atoms with van der Waals surface area (Å²) in [5.41, 5.74) is 4.81. The summed E-state index contributed by atoms with van der Waals surface area (Å²) in [6.07, 6.45) is 0.697. The molecule has 7 heteroatoms. The summed E-state index contributed by atoms with van der Waals surface area (Å²) in [6, 6.07) is 3.98. The Morgan fingerprint density at radius 1 is 1.16 bits per heavy atom. The molecule has 0 N–H and O–H groups in total. The fraction of sp³-hybridized carbons (Fsp3) is 0.444. The number of aromatic nitrogens is 2. The van der Waals surface area contributed by atoms with Gasteiger partial charge >= 0.3 is 0 Å². The molecule has 1 aromatic carbocycles. The van der Waals surface area contributed by atoms with Gasteiger partial charge in [-0.3, -0.25) is 9.48 Å². The lowest BCUT2D eigenvalue weighted by Crippen LogP contribution is -2.38. The smallest absolute Gasteiger partial charge is 0.274 e. The van der Waals surface area contributed by atoms with Gasteiger partial charge < -0.3 is 14.4 Å². The summed E-state index contributed by atoms with van der Waals surface area (Å²) in [4.78, 5) is 14.9. The Bertz CT molecular complexity index is 841. The number of benzene rings is 1. The number of hydrogen-bond donors (Lipinski definition) is 0. The minimum Gasteiger partial charge on any atom is -0.493 e. The first-order valence-corrected chi connectivity index (χ1v) is 9.47. The van der Waals surface area contributed by atoms with E-state index in [1.54, 1.807) is 14.2 Å². The summed E-state index contributed by atoms with van der Waals surface area (Å²) in [6.45, 7) is 1.59. The molecule has 6 nitrogen and oxygen atoms in total. The molecule has 0 bridgehead atoms. The van der Waals surface area contributed by atoms with Crippen LogP contribution >= 0.6 is 11.8 Å². The molecule has 25 heavy (non-hydrogen) atoms. The lowest BCUT2D eigenvalue weighted by atomic mass is 10.1. The number of amides is 1. The molecular formula is C18H21N3O3S. The molecule has 0 spiro atoms. The van der Waals surface area contributed by atoms with Crippen LogP contribution in [0.5, 0.6) is 11.5 Å². The quantitative estimate of drug-likeness (QED) is 0.718. The monoisotopic (exact) mass is 359 g/mol. The molecule has 1 aliphatic carbocycles. The highest BCUT2D eigenvalue weighted by Gasteiger charge is 2.32. The molecule has 1 fully saturated rings. The van der Waals surface area contributed by atoms with E-state index in [2.05, 4.69) is 5.10 Å².